The number of phenolic OH excluding ortho intramolecular Hbond substituents is 1. The van der Waals surface area contributed by atoms with Gasteiger partial charge >= 0.3 is 0 Å². The van der Waals surface area contributed by atoms with Crippen molar-refractivity contribution in [1.29, 1.82) is 0 Å². The normalized spacial score (nSPS) is 10.8. The van der Waals surface area contributed by atoms with Crippen LogP contribution in [0.2, 0.25) is 0 Å². The standard InChI is InChI=1S/C17H15NO/c1-12-10-15(19)7-6-13(12)11-14-8-9-18-17-5-3-2-4-16(14)17/h2-10,19H,11H2,1H3. The van der Waals surface area contributed by atoms with Gasteiger partial charge < -0.3 is 5.11 Å². The second-order valence-corrected chi connectivity index (χ2v) is 4.77. The third-order valence-electron chi connectivity index (χ3n) is 3.45. The van der Waals surface area contributed by atoms with E-state index in [1.807, 2.05) is 37.4 Å². The van der Waals surface area contributed by atoms with Crippen LogP contribution in [0.3, 0.4) is 0 Å². The summed E-state index contributed by atoms with van der Waals surface area (Å²) in [4.78, 5) is 4.38. The van der Waals surface area contributed by atoms with Crippen LogP contribution in [0.4, 0.5) is 0 Å². The van der Waals surface area contributed by atoms with Crippen molar-refractivity contribution in [1.82, 2.24) is 4.98 Å². The molecule has 3 rings (SSSR count). The Hall–Kier alpha value is -2.35. The predicted molar refractivity (Wildman–Crippen MR) is 77.4 cm³/mol. The van der Waals surface area contributed by atoms with Crippen LogP contribution >= 0.6 is 0 Å². The molecule has 0 radical (unpaired) electrons. The first kappa shape index (κ1) is 11.7. The maximum Gasteiger partial charge on any atom is 0.115 e. The number of aromatic nitrogens is 1. The first-order valence-electron chi connectivity index (χ1n) is 6.35. The van der Waals surface area contributed by atoms with Crippen molar-refractivity contribution < 1.29 is 5.11 Å². The lowest BCUT2D eigenvalue weighted by Gasteiger charge is -2.09. The van der Waals surface area contributed by atoms with E-state index in [4.69, 9.17) is 0 Å². The highest BCUT2D eigenvalue weighted by molar-refractivity contribution is 5.82. The molecular formula is C17H15NO. The summed E-state index contributed by atoms with van der Waals surface area (Å²) in [7, 11) is 0. The highest BCUT2D eigenvalue weighted by atomic mass is 16.3. The summed E-state index contributed by atoms with van der Waals surface area (Å²) in [5.74, 6) is 0.320. The summed E-state index contributed by atoms with van der Waals surface area (Å²) in [5, 5.41) is 10.7. The minimum atomic E-state index is 0.320. The predicted octanol–water partition coefficient (Wildman–Crippen LogP) is 3.84. The lowest BCUT2D eigenvalue weighted by Crippen LogP contribution is -1.93. The van der Waals surface area contributed by atoms with Gasteiger partial charge in [-0.05, 0) is 54.3 Å². The molecule has 0 bridgehead atoms. The topological polar surface area (TPSA) is 33.1 Å². The number of benzene rings is 2. The van der Waals surface area contributed by atoms with Crippen molar-refractivity contribution >= 4 is 10.9 Å². The summed E-state index contributed by atoms with van der Waals surface area (Å²) >= 11 is 0. The number of phenols is 1. The number of pyridine rings is 1. The number of aryl methyl sites for hydroxylation is 1. The van der Waals surface area contributed by atoms with Crippen molar-refractivity contribution in [2.45, 2.75) is 13.3 Å². The lowest BCUT2D eigenvalue weighted by molar-refractivity contribution is 0.474. The van der Waals surface area contributed by atoms with Gasteiger partial charge in [0.2, 0.25) is 0 Å². The smallest absolute Gasteiger partial charge is 0.115 e. The number of para-hydroxylation sites is 1. The van der Waals surface area contributed by atoms with Gasteiger partial charge in [0.1, 0.15) is 5.75 Å². The van der Waals surface area contributed by atoms with Crippen LogP contribution in [0, 0.1) is 6.92 Å². The van der Waals surface area contributed by atoms with Crippen molar-refractivity contribution in [3.8, 4) is 5.75 Å². The molecule has 2 heteroatoms. The van der Waals surface area contributed by atoms with E-state index in [0.717, 1.165) is 17.5 Å². The fourth-order valence-corrected chi connectivity index (χ4v) is 2.39. The minimum Gasteiger partial charge on any atom is -0.508 e. The van der Waals surface area contributed by atoms with Crippen molar-refractivity contribution in [3.05, 3.63) is 71.4 Å². The molecule has 19 heavy (non-hydrogen) atoms. The number of aromatic hydroxyl groups is 1. The number of rotatable bonds is 2. The SMILES string of the molecule is Cc1cc(O)ccc1Cc1ccnc2ccccc12. The Bertz CT molecular complexity index is 729. The van der Waals surface area contributed by atoms with Crippen LogP contribution in [0.5, 0.6) is 5.75 Å². The molecule has 0 aliphatic rings. The van der Waals surface area contributed by atoms with Crippen molar-refractivity contribution in [2.75, 3.05) is 0 Å². The Kier molecular flexibility index (Phi) is 2.92. The Balaban J connectivity index is 2.06. The van der Waals surface area contributed by atoms with Gasteiger partial charge in [-0.2, -0.15) is 0 Å². The van der Waals surface area contributed by atoms with Crippen LogP contribution in [0.1, 0.15) is 16.7 Å². The molecule has 2 nitrogen and oxygen atoms in total. The molecule has 1 aromatic heterocycles. The highest BCUT2D eigenvalue weighted by Crippen LogP contribution is 2.23. The van der Waals surface area contributed by atoms with Crippen LogP contribution in [-0.4, -0.2) is 10.1 Å². The Morgan fingerprint density at radius 3 is 2.68 bits per heavy atom. The number of hydrogen-bond acceptors (Lipinski definition) is 2. The van der Waals surface area contributed by atoms with Gasteiger partial charge in [0, 0.05) is 11.6 Å². The van der Waals surface area contributed by atoms with Gasteiger partial charge in [-0.15, -0.1) is 0 Å². The minimum absolute atomic E-state index is 0.320. The molecule has 1 N–H and O–H groups in total. The monoisotopic (exact) mass is 249 g/mol. The van der Waals surface area contributed by atoms with E-state index in [2.05, 4.69) is 17.1 Å². The molecule has 1 heterocycles. The van der Waals surface area contributed by atoms with E-state index in [1.165, 1.54) is 16.5 Å². The summed E-state index contributed by atoms with van der Waals surface area (Å²) < 4.78 is 0. The Morgan fingerprint density at radius 1 is 1.00 bits per heavy atom. The molecule has 0 amide bonds. The first-order valence-corrected chi connectivity index (χ1v) is 6.35. The zero-order valence-corrected chi connectivity index (χ0v) is 10.8. The molecule has 0 aliphatic carbocycles. The van der Waals surface area contributed by atoms with Gasteiger partial charge in [-0.1, -0.05) is 24.3 Å². The fourth-order valence-electron chi connectivity index (χ4n) is 2.39. The van der Waals surface area contributed by atoms with Gasteiger partial charge in [0.05, 0.1) is 5.52 Å². The molecule has 0 atom stereocenters. The molecule has 0 saturated carbocycles. The summed E-state index contributed by atoms with van der Waals surface area (Å²) in [6.07, 6.45) is 2.71. The zero-order valence-electron chi connectivity index (χ0n) is 10.8. The van der Waals surface area contributed by atoms with Crippen LogP contribution in [0.15, 0.2) is 54.7 Å². The molecule has 0 aliphatic heterocycles. The maximum atomic E-state index is 9.47. The third-order valence-corrected chi connectivity index (χ3v) is 3.45. The van der Waals surface area contributed by atoms with Gasteiger partial charge in [0.15, 0.2) is 0 Å². The second kappa shape index (κ2) is 4.73. The van der Waals surface area contributed by atoms with Gasteiger partial charge in [-0.3, -0.25) is 4.98 Å². The van der Waals surface area contributed by atoms with E-state index in [-0.39, 0.29) is 0 Å². The van der Waals surface area contributed by atoms with E-state index in [9.17, 15) is 5.11 Å². The highest BCUT2D eigenvalue weighted by Gasteiger charge is 2.05. The third kappa shape index (κ3) is 2.29. The van der Waals surface area contributed by atoms with E-state index >= 15 is 0 Å². The number of hydrogen-bond donors (Lipinski definition) is 1. The maximum absolute atomic E-state index is 9.47. The molecule has 0 unspecified atom stereocenters. The molecular weight excluding hydrogens is 234 g/mol. The van der Waals surface area contributed by atoms with Gasteiger partial charge in [0.25, 0.3) is 0 Å². The Morgan fingerprint density at radius 2 is 1.84 bits per heavy atom. The zero-order chi connectivity index (χ0) is 13.2. The van der Waals surface area contributed by atoms with E-state index in [0.29, 0.717) is 5.75 Å². The average Bonchev–Trinajstić information content (AvgIpc) is 2.42. The molecule has 0 fully saturated rings. The molecule has 0 spiro atoms. The van der Waals surface area contributed by atoms with Crippen molar-refractivity contribution in [2.24, 2.45) is 0 Å². The Labute approximate surface area is 112 Å². The van der Waals surface area contributed by atoms with Crippen LogP contribution in [-0.2, 0) is 6.42 Å². The lowest BCUT2D eigenvalue weighted by atomic mass is 9.98. The largest absolute Gasteiger partial charge is 0.508 e. The number of fused-ring (bicyclic) bond motifs is 1. The van der Waals surface area contributed by atoms with Crippen molar-refractivity contribution in [3.63, 3.8) is 0 Å². The van der Waals surface area contributed by atoms with Gasteiger partial charge in [-0.25, -0.2) is 0 Å². The summed E-state index contributed by atoms with van der Waals surface area (Å²) in [5.41, 5.74) is 4.63. The van der Waals surface area contributed by atoms with E-state index in [1.54, 1.807) is 12.1 Å². The molecule has 2 aromatic carbocycles. The molecule has 0 saturated heterocycles. The molecule has 94 valence electrons. The summed E-state index contributed by atoms with van der Waals surface area (Å²) in [6, 6.07) is 15.8. The quantitative estimate of drug-likeness (QED) is 0.748. The fraction of sp³-hybridized carbons (Fsp3) is 0.118. The number of nitrogens with zero attached hydrogens (tertiary/aromatic N) is 1. The van der Waals surface area contributed by atoms with Crippen LogP contribution < -0.4 is 0 Å². The average molecular weight is 249 g/mol. The second-order valence-electron chi connectivity index (χ2n) is 4.77. The van der Waals surface area contributed by atoms with Crippen LogP contribution in [0.25, 0.3) is 10.9 Å². The first-order chi connectivity index (χ1) is 9.24. The molecule has 3 aromatic rings. The van der Waals surface area contributed by atoms with E-state index < -0.39 is 0 Å². The summed E-state index contributed by atoms with van der Waals surface area (Å²) in [6.45, 7) is 2.03.